The molecule has 0 N–H and O–H groups in total. The number of carbonyl (C=O) groups is 1. The van der Waals surface area contributed by atoms with Crippen molar-refractivity contribution in [3.63, 3.8) is 0 Å². The predicted octanol–water partition coefficient (Wildman–Crippen LogP) is 6.09. The minimum Gasteiger partial charge on any atom is -0.462 e. The molecule has 0 aromatic rings. The van der Waals surface area contributed by atoms with Crippen molar-refractivity contribution in [2.24, 2.45) is 11.8 Å². The average Bonchev–Trinajstić information content (AvgIpc) is 2.53. The molecule has 0 spiro atoms. The normalized spacial score (nSPS) is 15.4. The van der Waals surface area contributed by atoms with Gasteiger partial charge in [-0.25, -0.2) is 4.79 Å². The SMILES string of the molecule is CCCC(C)COC(=O)C=C(C)C=CCC(C)CCCC(C)(C)OC. The Morgan fingerprint density at radius 3 is 2.44 bits per heavy atom. The van der Waals surface area contributed by atoms with Gasteiger partial charge in [0.15, 0.2) is 0 Å². The van der Waals surface area contributed by atoms with E-state index in [-0.39, 0.29) is 11.6 Å². The number of rotatable bonds is 13. The van der Waals surface area contributed by atoms with E-state index < -0.39 is 0 Å². The van der Waals surface area contributed by atoms with Crippen LogP contribution in [0.2, 0.25) is 0 Å². The third-order valence-corrected chi connectivity index (χ3v) is 4.58. The standard InChI is InChI=1S/C22H40O3/c1-8-11-20(4)17-25-21(23)16-19(3)13-9-12-18(2)14-10-15-22(5,6)24-7/h9,13,16,18,20H,8,10-12,14-15,17H2,1-7H3. The fourth-order valence-corrected chi connectivity index (χ4v) is 2.66. The van der Waals surface area contributed by atoms with Crippen molar-refractivity contribution in [3.8, 4) is 0 Å². The molecule has 0 fully saturated rings. The molecule has 3 heteroatoms. The summed E-state index contributed by atoms with van der Waals surface area (Å²) in [7, 11) is 1.77. The van der Waals surface area contributed by atoms with E-state index in [0.29, 0.717) is 18.4 Å². The number of esters is 1. The second kappa shape index (κ2) is 13.2. The lowest BCUT2D eigenvalue weighted by atomic mass is 9.95. The van der Waals surface area contributed by atoms with Gasteiger partial charge in [0.25, 0.3) is 0 Å². The number of hydrogen-bond acceptors (Lipinski definition) is 3. The maximum atomic E-state index is 11.8. The van der Waals surface area contributed by atoms with E-state index >= 15 is 0 Å². The maximum Gasteiger partial charge on any atom is 0.331 e. The van der Waals surface area contributed by atoms with E-state index in [0.717, 1.165) is 31.3 Å². The fourth-order valence-electron chi connectivity index (χ4n) is 2.66. The van der Waals surface area contributed by atoms with E-state index in [1.165, 1.54) is 12.8 Å². The number of carbonyl (C=O) groups excluding carboxylic acids is 1. The van der Waals surface area contributed by atoms with Gasteiger partial charge in [-0.3, -0.25) is 0 Å². The summed E-state index contributed by atoms with van der Waals surface area (Å²) in [4.78, 5) is 11.8. The van der Waals surface area contributed by atoms with E-state index in [9.17, 15) is 4.79 Å². The van der Waals surface area contributed by atoms with Crippen molar-refractivity contribution < 1.29 is 14.3 Å². The van der Waals surface area contributed by atoms with Gasteiger partial charge in [0.2, 0.25) is 0 Å². The summed E-state index contributed by atoms with van der Waals surface area (Å²) in [6.07, 6.45) is 12.5. The Balaban J connectivity index is 4.07. The zero-order valence-electron chi connectivity index (χ0n) is 17.6. The zero-order valence-corrected chi connectivity index (χ0v) is 17.6. The van der Waals surface area contributed by atoms with Crippen LogP contribution in [-0.2, 0) is 14.3 Å². The summed E-state index contributed by atoms with van der Waals surface area (Å²) < 4.78 is 10.7. The van der Waals surface area contributed by atoms with Gasteiger partial charge >= 0.3 is 5.97 Å². The number of hydrogen-bond donors (Lipinski definition) is 0. The molecule has 0 rings (SSSR count). The summed E-state index contributed by atoms with van der Waals surface area (Å²) in [5, 5.41) is 0. The van der Waals surface area contributed by atoms with Gasteiger partial charge in [0.1, 0.15) is 0 Å². The van der Waals surface area contributed by atoms with Crippen LogP contribution in [0, 0.1) is 11.8 Å². The first-order chi connectivity index (χ1) is 11.7. The Morgan fingerprint density at radius 2 is 1.84 bits per heavy atom. The van der Waals surface area contributed by atoms with Crippen molar-refractivity contribution in [2.75, 3.05) is 13.7 Å². The third-order valence-electron chi connectivity index (χ3n) is 4.58. The van der Waals surface area contributed by atoms with Crippen molar-refractivity contribution >= 4 is 5.97 Å². The number of allylic oxidation sites excluding steroid dienone is 3. The monoisotopic (exact) mass is 352 g/mol. The van der Waals surface area contributed by atoms with Crippen LogP contribution in [0.4, 0.5) is 0 Å². The van der Waals surface area contributed by atoms with E-state index in [1.807, 2.05) is 13.0 Å². The lowest BCUT2D eigenvalue weighted by molar-refractivity contribution is -0.139. The molecule has 0 aromatic carbocycles. The topological polar surface area (TPSA) is 35.5 Å². The Kier molecular flexibility index (Phi) is 12.6. The Bertz CT molecular complexity index is 421. The van der Waals surface area contributed by atoms with Crippen molar-refractivity contribution in [3.05, 3.63) is 23.8 Å². The minimum absolute atomic E-state index is 0.0239. The van der Waals surface area contributed by atoms with Crippen molar-refractivity contribution in [1.29, 1.82) is 0 Å². The molecule has 2 atom stereocenters. The van der Waals surface area contributed by atoms with E-state index in [1.54, 1.807) is 13.2 Å². The Hall–Kier alpha value is -1.09. The number of ether oxygens (including phenoxy) is 2. The molecule has 0 aliphatic heterocycles. The Labute approximate surface area is 155 Å². The molecule has 2 unspecified atom stereocenters. The molecule has 0 aliphatic rings. The highest BCUT2D eigenvalue weighted by molar-refractivity contribution is 5.83. The van der Waals surface area contributed by atoms with E-state index in [4.69, 9.17) is 9.47 Å². The smallest absolute Gasteiger partial charge is 0.331 e. The van der Waals surface area contributed by atoms with Crippen LogP contribution in [0.3, 0.4) is 0 Å². The summed E-state index contributed by atoms with van der Waals surface area (Å²) in [5.74, 6) is 0.834. The second-order valence-electron chi connectivity index (χ2n) is 8.01. The minimum atomic E-state index is -0.236. The van der Waals surface area contributed by atoms with Crippen LogP contribution < -0.4 is 0 Å². The molecule has 0 heterocycles. The molecule has 0 saturated heterocycles. The first-order valence-electron chi connectivity index (χ1n) is 9.77. The van der Waals surface area contributed by atoms with Crippen molar-refractivity contribution in [2.45, 2.75) is 85.7 Å². The average molecular weight is 353 g/mol. The molecule has 0 saturated carbocycles. The summed E-state index contributed by atoms with van der Waals surface area (Å²) in [5.41, 5.74) is 0.921. The quantitative estimate of drug-likeness (QED) is 0.228. The van der Waals surface area contributed by atoms with Gasteiger partial charge in [0.05, 0.1) is 12.2 Å². The highest BCUT2D eigenvalue weighted by Crippen LogP contribution is 2.20. The Morgan fingerprint density at radius 1 is 1.16 bits per heavy atom. The largest absolute Gasteiger partial charge is 0.462 e. The molecule has 0 radical (unpaired) electrons. The summed E-state index contributed by atoms with van der Waals surface area (Å²) in [6, 6.07) is 0. The molecule has 146 valence electrons. The molecular formula is C22H40O3. The zero-order chi connectivity index (χ0) is 19.3. The van der Waals surface area contributed by atoms with Crippen LogP contribution in [-0.4, -0.2) is 25.3 Å². The molecule has 3 nitrogen and oxygen atoms in total. The first kappa shape index (κ1) is 23.9. The summed E-state index contributed by atoms with van der Waals surface area (Å²) in [6.45, 7) is 13.2. The molecule has 0 aromatic heterocycles. The molecule has 25 heavy (non-hydrogen) atoms. The van der Waals surface area contributed by atoms with Gasteiger partial charge in [-0.05, 0) is 57.4 Å². The van der Waals surface area contributed by atoms with Gasteiger partial charge in [-0.2, -0.15) is 0 Å². The highest BCUT2D eigenvalue weighted by atomic mass is 16.5. The van der Waals surface area contributed by atoms with Gasteiger partial charge in [-0.15, -0.1) is 0 Å². The van der Waals surface area contributed by atoms with Crippen LogP contribution in [0.15, 0.2) is 23.8 Å². The van der Waals surface area contributed by atoms with Gasteiger partial charge < -0.3 is 9.47 Å². The third kappa shape index (κ3) is 13.8. The lowest BCUT2D eigenvalue weighted by Crippen LogP contribution is -2.22. The highest BCUT2D eigenvalue weighted by Gasteiger charge is 2.15. The lowest BCUT2D eigenvalue weighted by Gasteiger charge is -2.23. The second-order valence-corrected chi connectivity index (χ2v) is 8.01. The molecule has 0 aliphatic carbocycles. The number of methoxy groups -OCH3 is 1. The van der Waals surface area contributed by atoms with Crippen LogP contribution in [0.1, 0.15) is 80.1 Å². The van der Waals surface area contributed by atoms with Crippen molar-refractivity contribution in [1.82, 2.24) is 0 Å². The van der Waals surface area contributed by atoms with Crippen LogP contribution in [0.5, 0.6) is 0 Å². The van der Waals surface area contributed by atoms with Crippen LogP contribution in [0.25, 0.3) is 0 Å². The molecule has 0 bridgehead atoms. The van der Waals surface area contributed by atoms with Gasteiger partial charge in [-0.1, -0.05) is 52.2 Å². The summed E-state index contributed by atoms with van der Waals surface area (Å²) >= 11 is 0. The van der Waals surface area contributed by atoms with E-state index in [2.05, 4.69) is 40.7 Å². The maximum absolute atomic E-state index is 11.8. The fraction of sp³-hybridized carbons (Fsp3) is 0.773. The van der Waals surface area contributed by atoms with Crippen LogP contribution >= 0.6 is 0 Å². The molecule has 0 amide bonds. The molecular weight excluding hydrogens is 312 g/mol. The predicted molar refractivity (Wildman–Crippen MR) is 107 cm³/mol. The van der Waals surface area contributed by atoms with Gasteiger partial charge in [0, 0.05) is 13.2 Å². The first-order valence-corrected chi connectivity index (χ1v) is 9.77.